The van der Waals surface area contributed by atoms with Crippen molar-refractivity contribution >= 4 is 28.2 Å². The predicted octanol–water partition coefficient (Wildman–Crippen LogP) is 3.35. The number of carbonyl (C=O) groups is 2. The number of nitrogens with zero attached hydrogens (tertiary/aromatic N) is 2. The number of anilines is 1. The molecule has 1 amide bonds. The summed E-state index contributed by atoms with van der Waals surface area (Å²) in [5, 5.41) is 4.88. The molecule has 0 fully saturated rings. The number of thiophene rings is 1. The highest BCUT2D eigenvalue weighted by molar-refractivity contribution is 7.15. The fraction of sp³-hybridized carbons (Fsp3) is 0.304. The number of amides is 1. The van der Waals surface area contributed by atoms with Crippen molar-refractivity contribution in [3.8, 4) is 22.6 Å². The average molecular weight is 470 g/mol. The number of aromatic nitrogens is 2. The zero-order chi connectivity index (χ0) is 23.7. The standard InChI is InChI=1S/C23H23N3O6S/c1-12-9-13(2)26(23(29)24-12)14(3)20(27)25-21-19(22(28)30-4)16(11-33-21)15-5-6-17-18(10-15)32-8-7-31-17/h5-6,9-11,14H,7-8H2,1-4H3,(H,25,27). The Hall–Kier alpha value is -3.66. The fourth-order valence-electron chi connectivity index (χ4n) is 3.74. The summed E-state index contributed by atoms with van der Waals surface area (Å²) in [6.07, 6.45) is 0. The Morgan fingerprint density at radius 1 is 1.18 bits per heavy atom. The van der Waals surface area contributed by atoms with Gasteiger partial charge in [-0.05, 0) is 44.5 Å². The Kier molecular flexibility index (Phi) is 6.19. The van der Waals surface area contributed by atoms with E-state index in [9.17, 15) is 14.4 Å². The second kappa shape index (κ2) is 9.07. The van der Waals surface area contributed by atoms with Crippen molar-refractivity contribution in [1.82, 2.24) is 9.55 Å². The Bertz CT molecular complexity index is 1300. The molecule has 0 spiro atoms. The van der Waals surface area contributed by atoms with Crippen molar-refractivity contribution in [2.75, 3.05) is 25.6 Å². The highest BCUT2D eigenvalue weighted by Gasteiger charge is 2.26. The van der Waals surface area contributed by atoms with Gasteiger partial charge in [0.15, 0.2) is 11.5 Å². The number of nitrogens with one attached hydrogen (secondary N) is 1. The quantitative estimate of drug-likeness (QED) is 0.571. The van der Waals surface area contributed by atoms with Gasteiger partial charge >= 0.3 is 11.7 Å². The highest BCUT2D eigenvalue weighted by atomic mass is 32.1. The molecular formula is C23H23N3O6S. The second-order valence-corrected chi connectivity index (χ2v) is 8.44. The molecule has 33 heavy (non-hydrogen) atoms. The number of hydrogen-bond acceptors (Lipinski definition) is 8. The Balaban J connectivity index is 1.68. The van der Waals surface area contributed by atoms with Gasteiger partial charge in [-0.25, -0.2) is 9.59 Å². The van der Waals surface area contributed by atoms with Crippen LogP contribution in [0.1, 0.15) is 34.7 Å². The lowest BCUT2D eigenvalue weighted by molar-refractivity contribution is -0.118. The molecule has 9 nitrogen and oxygen atoms in total. The summed E-state index contributed by atoms with van der Waals surface area (Å²) in [7, 11) is 1.28. The molecule has 172 valence electrons. The third-order valence-electron chi connectivity index (χ3n) is 5.31. The summed E-state index contributed by atoms with van der Waals surface area (Å²) in [5.74, 6) is 0.178. The molecule has 0 aliphatic carbocycles. The van der Waals surface area contributed by atoms with Crippen LogP contribution in [-0.2, 0) is 9.53 Å². The Labute approximate surface area is 193 Å². The number of esters is 1. The van der Waals surface area contributed by atoms with Gasteiger partial charge in [-0.1, -0.05) is 6.07 Å². The summed E-state index contributed by atoms with van der Waals surface area (Å²) < 4.78 is 17.5. The summed E-state index contributed by atoms with van der Waals surface area (Å²) >= 11 is 1.20. The Morgan fingerprint density at radius 3 is 2.61 bits per heavy atom. The number of hydrogen-bond donors (Lipinski definition) is 1. The van der Waals surface area contributed by atoms with E-state index in [-0.39, 0.29) is 5.56 Å². The molecule has 1 N–H and O–H groups in total. The smallest absolute Gasteiger partial charge is 0.348 e. The molecule has 0 saturated carbocycles. The van der Waals surface area contributed by atoms with E-state index in [4.69, 9.17) is 14.2 Å². The van der Waals surface area contributed by atoms with Crippen molar-refractivity contribution in [2.24, 2.45) is 0 Å². The predicted molar refractivity (Wildman–Crippen MR) is 123 cm³/mol. The molecule has 4 rings (SSSR count). The molecule has 1 atom stereocenters. The van der Waals surface area contributed by atoms with Crippen LogP contribution in [0.3, 0.4) is 0 Å². The van der Waals surface area contributed by atoms with E-state index >= 15 is 0 Å². The van der Waals surface area contributed by atoms with Crippen LogP contribution in [0.5, 0.6) is 11.5 Å². The summed E-state index contributed by atoms with van der Waals surface area (Å²) in [6.45, 7) is 5.98. The van der Waals surface area contributed by atoms with Crippen LogP contribution in [-0.4, -0.2) is 41.8 Å². The summed E-state index contributed by atoms with van der Waals surface area (Å²) in [5.41, 5.74) is 2.23. The molecular weight excluding hydrogens is 446 g/mol. The van der Waals surface area contributed by atoms with Crippen LogP contribution in [0.4, 0.5) is 5.00 Å². The molecule has 1 aromatic carbocycles. The van der Waals surface area contributed by atoms with Crippen LogP contribution in [0, 0.1) is 13.8 Å². The first-order valence-electron chi connectivity index (χ1n) is 10.3. The van der Waals surface area contributed by atoms with Crippen LogP contribution in [0.25, 0.3) is 11.1 Å². The average Bonchev–Trinajstić information content (AvgIpc) is 3.20. The van der Waals surface area contributed by atoms with Gasteiger partial charge in [0.2, 0.25) is 5.91 Å². The first-order valence-corrected chi connectivity index (χ1v) is 11.2. The van der Waals surface area contributed by atoms with Crippen LogP contribution >= 0.6 is 11.3 Å². The number of methoxy groups -OCH3 is 1. The lowest BCUT2D eigenvalue weighted by Crippen LogP contribution is -2.34. The lowest BCUT2D eigenvalue weighted by atomic mass is 10.0. The van der Waals surface area contributed by atoms with Crippen molar-refractivity contribution < 1.29 is 23.8 Å². The van der Waals surface area contributed by atoms with Crippen molar-refractivity contribution in [3.63, 3.8) is 0 Å². The molecule has 3 aromatic rings. The minimum absolute atomic E-state index is 0.228. The molecule has 0 radical (unpaired) electrons. The third kappa shape index (κ3) is 4.34. The fourth-order valence-corrected chi connectivity index (χ4v) is 4.70. The van der Waals surface area contributed by atoms with E-state index in [0.717, 1.165) is 5.56 Å². The zero-order valence-electron chi connectivity index (χ0n) is 18.6. The van der Waals surface area contributed by atoms with Gasteiger partial charge in [0.1, 0.15) is 29.8 Å². The van der Waals surface area contributed by atoms with Gasteiger partial charge in [-0.15, -0.1) is 11.3 Å². The monoisotopic (exact) mass is 469 g/mol. The van der Waals surface area contributed by atoms with Gasteiger partial charge in [0.25, 0.3) is 0 Å². The van der Waals surface area contributed by atoms with E-state index in [1.54, 1.807) is 44.4 Å². The molecule has 1 aliphatic rings. The molecule has 0 bridgehead atoms. The maximum atomic E-state index is 13.0. The molecule has 1 unspecified atom stereocenters. The van der Waals surface area contributed by atoms with Crippen molar-refractivity contribution in [2.45, 2.75) is 26.8 Å². The first-order chi connectivity index (χ1) is 15.8. The molecule has 10 heteroatoms. The SMILES string of the molecule is COC(=O)c1c(-c2ccc3c(c2)OCCO3)csc1NC(=O)C(C)n1c(C)cc(C)nc1=O. The van der Waals surface area contributed by atoms with E-state index in [1.807, 2.05) is 6.07 Å². The summed E-state index contributed by atoms with van der Waals surface area (Å²) in [4.78, 5) is 42.0. The number of fused-ring (bicyclic) bond motifs is 1. The van der Waals surface area contributed by atoms with E-state index in [1.165, 1.54) is 23.0 Å². The number of aryl methyl sites for hydroxylation is 2. The minimum atomic E-state index is -0.837. The third-order valence-corrected chi connectivity index (χ3v) is 6.21. The number of ether oxygens (including phenoxy) is 3. The van der Waals surface area contributed by atoms with E-state index < -0.39 is 23.6 Å². The summed E-state index contributed by atoms with van der Waals surface area (Å²) in [6, 6.07) is 6.28. The van der Waals surface area contributed by atoms with Crippen molar-refractivity contribution in [3.05, 3.63) is 57.1 Å². The lowest BCUT2D eigenvalue weighted by Gasteiger charge is -2.19. The van der Waals surface area contributed by atoms with E-state index in [0.29, 0.717) is 46.7 Å². The first kappa shape index (κ1) is 22.5. The highest BCUT2D eigenvalue weighted by Crippen LogP contribution is 2.40. The van der Waals surface area contributed by atoms with Crippen LogP contribution < -0.4 is 20.5 Å². The van der Waals surface area contributed by atoms with Gasteiger partial charge in [0, 0.05) is 22.3 Å². The van der Waals surface area contributed by atoms with Gasteiger partial charge in [-0.3, -0.25) is 9.36 Å². The van der Waals surface area contributed by atoms with Crippen LogP contribution in [0.2, 0.25) is 0 Å². The number of rotatable bonds is 5. The van der Waals surface area contributed by atoms with E-state index in [2.05, 4.69) is 10.3 Å². The zero-order valence-corrected chi connectivity index (χ0v) is 19.4. The molecule has 3 heterocycles. The van der Waals surface area contributed by atoms with Crippen molar-refractivity contribution in [1.29, 1.82) is 0 Å². The minimum Gasteiger partial charge on any atom is -0.486 e. The topological polar surface area (TPSA) is 109 Å². The molecule has 0 saturated heterocycles. The molecule has 2 aromatic heterocycles. The number of benzene rings is 1. The van der Waals surface area contributed by atoms with Crippen LogP contribution in [0.15, 0.2) is 34.4 Å². The Morgan fingerprint density at radius 2 is 1.91 bits per heavy atom. The molecule has 1 aliphatic heterocycles. The maximum Gasteiger partial charge on any atom is 0.348 e. The normalized spacial score (nSPS) is 13.3. The van der Waals surface area contributed by atoms with Gasteiger partial charge in [-0.2, -0.15) is 4.98 Å². The number of carbonyl (C=O) groups excluding carboxylic acids is 2. The van der Waals surface area contributed by atoms with Gasteiger partial charge < -0.3 is 19.5 Å². The van der Waals surface area contributed by atoms with Gasteiger partial charge in [0.05, 0.1) is 7.11 Å². The maximum absolute atomic E-state index is 13.0. The largest absolute Gasteiger partial charge is 0.486 e. The second-order valence-electron chi connectivity index (χ2n) is 7.56.